The van der Waals surface area contributed by atoms with E-state index in [2.05, 4.69) is 20.5 Å². The van der Waals surface area contributed by atoms with Crippen LogP contribution in [0.25, 0.3) is 5.65 Å². The van der Waals surface area contributed by atoms with Crippen LogP contribution in [0, 0.1) is 13.8 Å². The third-order valence-electron chi connectivity index (χ3n) is 5.60. The molecule has 4 aromatic rings. The maximum atomic E-state index is 13.1. The summed E-state index contributed by atoms with van der Waals surface area (Å²) in [5.74, 6) is 1.85. The highest BCUT2D eigenvalue weighted by Crippen LogP contribution is 2.34. The summed E-state index contributed by atoms with van der Waals surface area (Å²) in [6.07, 6.45) is 2.01. The summed E-state index contributed by atoms with van der Waals surface area (Å²) < 4.78 is 14.0. The molecule has 1 aromatic carbocycles. The van der Waals surface area contributed by atoms with Gasteiger partial charge in [-0.2, -0.15) is 0 Å². The summed E-state index contributed by atoms with van der Waals surface area (Å²) in [6, 6.07) is 9.00. The van der Waals surface area contributed by atoms with E-state index in [1.54, 1.807) is 33.4 Å². The molecular weight excluding hydrogens is 456 g/mol. The van der Waals surface area contributed by atoms with Gasteiger partial charge in [0.1, 0.15) is 11.5 Å². The second-order valence-electron chi connectivity index (χ2n) is 7.91. The van der Waals surface area contributed by atoms with Crippen LogP contribution >= 0.6 is 11.8 Å². The lowest BCUT2D eigenvalue weighted by molar-refractivity contribution is -0.113. The second-order valence-corrected chi connectivity index (χ2v) is 8.85. The van der Waals surface area contributed by atoms with Crippen LogP contribution in [-0.2, 0) is 18.3 Å². The Morgan fingerprint density at radius 2 is 2.00 bits per heavy atom. The van der Waals surface area contributed by atoms with Crippen molar-refractivity contribution >= 4 is 29.0 Å². The molecule has 0 aliphatic carbocycles. The van der Waals surface area contributed by atoms with E-state index in [1.165, 1.54) is 11.8 Å². The molecule has 0 fully saturated rings. The predicted molar refractivity (Wildman–Crippen MR) is 127 cm³/mol. The van der Waals surface area contributed by atoms with Gasteiger partial charge in [-0.3, -0.25) is 14.0 Å². The summed E-state index contributed by atoms with van der Waals surface area (Å²) in [5, 5.41) is 11.9. The zero-order valence-corrected chi connectivity index (χ0v) is 19.7. The molecule has 0 radical (unpaired) electrons. The average molecular weight is 479 g/mol. The summed E-state index contributed by atoms with van der Waals surface area (Å²) in [5.41, 5.74) is 3.33. The number of nitrogens with one attached hydrogen (secondary N) is 1. The van der Waals surface area contributed by atoms with Crippen LogP contribution in [-0.4, -0.2) is 42.6 Å². The SMILES string of the molecule is Cc1nc2c(C)cccn2c(=O)c1Cc1nnc(SCC(=O)Nc2ccc3c(c2)OCO3)n1C. The summed E-state index contributed by atoms with van der Waals surface area (Å²) in [4.78, 5) is 30.1. The van der Waals surface area contributed by atoms with Gasteiger partial charge in [-0.1, -0.05) is 17.8 Å². The first-order valence-corrected chi connectivity index (χ1v) is 11.6. The van der Waals surface area contributed by atoms with Gasteiger partial charge in [0, 0.05) is 42.7 Å². The van der Waals surface area contributed by atoms with E-state index < -0.39 is 0 Å². The van der Waals surface area contributed by atoms with E-state index in [1.807, 2.05) is 33.0 Å². The quantitative estimate of drug-likeness (QED) is 0.421. The normalized spacial score (nSPS) is 12.3. The predicted octanol–water partition coefficient (Wildman–Crippen LogP) is 2.49. The van der Waals surface area contributed by atoms with Crippen LogP contribution in [0.3, 0.4) is 0 Å². The highest BCUT2D eigenvalue weighted by molar-refractivity contribution is 7.99. The molecule has 1 amide bonds. The Morgan fingerprint density at radius 3 is 2.85 bits per heavy atom. The van der Waals surface area contributed by atoms with Crippen LogP contribution in [0.15, 0.2) is 46.5 Å². The number of carbonyl (C=O) groups excluding carboxylic acids is 1. The van der Waals surface area contributed by atoms with Crippen molar-refractivity contribution in [3.8, 4) is 11.5 Å². The molecule has 0 spiro atoms. The number of amides is 1. The smallest absolute Gasteiger partial charge is 0.261 e. The molecule has 1 N–H and O–H groups in total. The number of ether oxygens (including phenoxy) is 2. The molecule has 1 aliphatic rings. The molecule has 174 valence electrons. The number of aryl methyl sites for hydroxylation is 2. The zero-order valence-electron chi connectivity index (χ0n) is 18.9. The molecule has 0 saturated heterocycles. The summed E-state index contributed by atoms with van der Waals surface area (Å²) >= 11 is 1.27. The minimum atomic E-state index is -0.184. The maximum Gasteiger partial charge on any atom is 0.261 e. The summed E-state index contributed by atoms with van der Waals surface area (Å²) in [7, 11) is 1.82. The molecule has 10 nitrogen and oxygen atoms in total. The first kappa shape index (κ1) is 22.0. The van der Waals surface area contributed by atoms with Gasteiger partial charge < -0.3 is 19.4 Å². The van der Waals surface area contributed by atoms with Crippen molar-refractivity contribution in [3.05, 3.63) is 69.5 Å². The monoisotopic (exact) mass is 478 g/mol. The maximum absolute atomic E-state index is 13.1. The standard InChI is InChI=1S/C23H22N6O4S/c1-13-5-4-8-29-21(13)24-14(2)16(22(29)31)10-19-26-27-23(28(19)3)34-11-20(30)25-15-6-7-17-18(9-15)33-12-32-17/h4-9H,10-12H2,1-3H3,(H,25,30). The lowest BCUT2D eigenvalue weighted by Gasteiger charge is -2.09. The van der Waals surface area contributed by atoms with Crippen molar-refractivity contribution in [1.82, 2.24) is 24.1 Å². The first-order valence-electron chi connectivity index (χ1n) is 10.6. The van der Waals surface area contributed by atoms with Crippen molar-refractivity contribution in [2.24, 2.45) is 7.05 Å². The number of fused-ring (bicyclic) bond motifs is 2. The fourth-order valence-electron chi connectivity index (χ4n) is 3.73. The van der Waals surface area contributed by atoms with Gasteiger partial charge in [-0.15, -0.1) is 10.2 Å². The number of nitrogens with zero attached hydrogens (tertiary/aromatic N) is 5. The third kappa shape index (κ3) is 4.10. The van der Waals surface area contributed by atoms with Crippen LogP contribution in [0.4, 0.5) is 5.69 Å². The molecule has 34 heavy (non-hydrogen) atoms. The van der Waals surface area contributed by atoms with Crippen LogP contribution in [0.5, 0.6) is 11.5 Å². The van der Waals surface area contributed by atoms with Crippen molar-refractivity contribution in [2.45, 2.75) is 25.4 Å². The fourth-order valence-corrected chi connectivity index (χ4v) is 4.46. The molecule has 0 saturated carbocycles. The Bertz CT molecular complexity index is 1480. The highest BCUT2D eigenvalue weighted by atomic mass is 32.2. The molecule has 11 heteroatoms. The lowest BCUT2D eigenvalue weighted by Crippen LogP contribution is -2.23. The number of rotatable bonds is 6. The number of pyridine rings is 1. The Hall–Kier alpha value is -3.86. The lowest BCUT2D eigenvalue weighted by atomic mass is 10.1. The number of anilines is 1. The number of hydrogen-bond acceptors (Lipinski definition) is 8. The molecule has 0 unspecified atom stereocenters. The van der Waals surface area contributed by atoms with Gasteiger partial charge in [0.25, 0.3) is 5.56 Å². The van der Waals surface area contributed by atoms with Gasteiger partial charge in [0.2, 0.25) is 12.7 Å². The van der Waals surface area contributed by atoms with Crippen molar-refractivity contribution in [1.29, 1.82) is 0 Å². The van der Waals surface area contributed by atoms with E-state index in [-0.39, 0.29) is 24.0 Å². The fraction of sp³-hybridized carbons (Fsp3) is 0.261. The Morgan fingerprint density at radius 1 is 1.18 bits per heavy atom. The Labute approximate surface area is 198 Å². The topological polar surface area (TPSA) is 113 Å². The summed E-state index contributed by atoms with van der Waals surface area (Å²) in [6.45, 7) is 3.93. The van der Waals surface area contributed by atoms with Crippen LogP contribution in [0.1, 0.15) is 22.6 Å². The second kappa shape index (κ2) is 8.82. The Balaban J connectivity index is 1.28. The first-order chi connectivity index (χ1) is 16.4. The zero-order chi connectivity index (χ0) is 23.8. The van der Waals surface area contributed by atoms with Crippen molar-refractivity contribution in [3.63, 3.8) is 0 Å². The largest absolute Gasteiger partial charge is 0.454 e. The minimum absolute atomic E-state index is 0.119. The number of aromatic nitrogens is 5. The number of benzene rings is 1. The molecule has 0 bridgehead atoms. The average Bonchev–Trinajstić information content (AvgIpc) is 3.42. The van der Waals surface area contributed by atoms with E-state index in [9.17, 15) is 9.59 Å². The van der Waals surface area contributed by atoms with Gasteiger partial charge >= 0.3 is 0 Å². The molecule has 5 rings (SSSR count). The molecule has 3 aromatic heterocycles. The van der Waals surface area contributed by atoms with Gasteiger partial charge in [0.15, 0.2) is 16.7 Å². The number of thioether (sulfide) groups is 1. The van der Waals surface area contributed by atoms with Crippen LogP contribution in [0.2, 0.25) is 0 Å². The highest BCUT2D eigenvalue weighted by Gasteiger charge is 2.18. The molecule has 1 aliphatic heterocycles. The van der Waals surface area contributed by atoms with Crippen molar-refractivity contribution < 1.29 is 14.3 Å². The van der Waals surface area contributed by atoms with E-state index >= 15 is 0 Å². The van der Waals surface area contributed by atoms with E-state index in [4.69, 9.17) is 9.47 Å². The third-order valence-corrected chi connectivity index (χ3v) is 6.62. The van der Waals surface area contributed by atoms with Crippen molar-refractivity contribution in [2.75, 3.05) is 17.9 Å². The minimum Gasteiger partial charge on any atom is -0.454 e. The van der Waals surface area contributed by atoms with Gasteiger partial charge in [-0.25, -0.2) is 4.98 Å². The number of carbonyl (C=O) groups is 1. The Kier molecular flexibility index (Phi) is 5.70. The number of hydrogen-bond donors (Lipinski definition) is 1. The van der Waals surface area contributed by atoms with Crippen LogP contribution < -0.4 is 20.3 Å². The molecular formula is C23H22N6O4S. The van der Waals surface area contributed by atoms with Gasteiger partial charge in [0.05, 0.1) is 5.75 Å². The van der Waals surface area contributed by atoms with Gasteiger partial charge in [-0.05, 0) is 37.6 Å². The van der Waals surface area contributed by atoms with E-state index in [0.717, 1.165) is 5.56 Å². The molecule has 0 atom stereocenters. The van der Waals surface area contributed by atoms with E-state index in [0.29, 0.717) is 51.5 Å². The molecule has 4 heterocycles.